The van der Waals surface area contributed by atoms with Gasteiger partial charge in [0.15, 0.2) is 0 Å². The van der Waals surface area contributed by atoms with Crippen molar-refractivity contribution in [2.75, 3.05) is 13.7 Å². The minimum absolute atomic E-state index is 0.177. The monoisotopic (exact) mass is 491 g/mol. The molecule has 0 aliphatic carbocycles. The number of nitrogens with zero attached hydrogens (tertiary/aromatic N) is 3. The van der Waals surface area contributed by atoms with Crippen molar-refractivity contribution in [1.29, 1.82) is 0 Å². The van der Waals surface area contributed by atoms with Crippen LogP contribution >= 0.6 is 22.9 Å². The molecule has 3 heterocycles. The predicted octanol–water partition coefficient (Wildman–Crippen LogP) is 6.35. The first-order chi connectivity index (χ1) is 16.6. The molecule has 1 aliphatic rings. The number of methoxy groups -OCH3 is 1. The first-order valence-corrected chi connectivity index (χ1v) is 12.2. The van der Waals surface area contributed by atoms with E-state index in [9.17, 15) is 4.79 Å². The van der Waals surface area contributed by atoms with E-state index in [1.54, 1.807) is 13.2 Å². The summed E-state index contributed by atoms with van der Waals surface area (Å²) in [7, 11) is 1.63. The van der Waals surface area contributed by atoms with Gasteiger partial charge in [-0.1, -0.05) is 23.7 Å². The van der Waals surface area contributed by atoms with Crippen LogP contribution in [0.3, 0.4) is 0 Å². The molecule has 0 saturated carbocycles. The van der Waals surface area contributed by atoms with Crippen LogP contribution in [0.1, 0.15) is 40.9 Å². The second-order valence-electron chi connectivity index (χ2n) is 7.82. The maximum Gasteiger partial charge on any atom is 0.275 e. The van der Waals surface area contributed by atoms with E-state index in [0.717, 1.165) is 39.2 Å². The number of carbonyl (C=O) groups is 1. The topological polar surface area (TPSA) is 64.0 Å². The van der Waals surface area contributed by atoms with Crippen LogP contribution in [0.25, 0.3) is 10.9 Å². The van der Waals surface area contributed by atoms with Gasteiger partial charge in [0, 0.05) is 28.3 Å². The van der Waals surface area contributed by atoms with Gasteiger partial charge < -0.3 is 9.47 Å². The Morgan fingerprint density at radius 3 is 2.82 bits per heavy atom. The van der Waals surface area contributed by atoms with Crippen molar-refractivity contribution in [2.24, 2.45) is 5.10 Å². The smallest absolute Gasteiger partial charge is 0.275 e. The molecule has 2 aromatic heterocycles. The number of aromatic nitrogens is 1. The molecule has 0 unspecified atom stereocenters. The number of thiophene rings is 1. The van der Waals surface area contributed by atoms with Gasteiger partial charge in [-0.2, -0.15) is 16.4 Å². The van der Waals surface area contributed by atoms with Crippen LogP contribution in [0.2, 0.25) is 5.15 Å². The minimum Gasteiger partial charge on any atom is -0.497 e. The van der Waals surface area contributed by atoms with Gasteiger partial charge in [0.2, 0.25) is 0 Å². The summed E-state index contributed by atoms with van der Waals surface area (Å²) in [4.78, 5) is 18.0. The minimum atomic E-state index is -0.395. The lowest BCUT2D eigenvalue weighted by Gasteiger charge is -2.22. The van der Waals surface area contributed by atoms with Crippen molar-refractivity contribution in [3.8, 4) is 11.5 Å². The third kappa shape index (κ3) is 4.24. The standard InChI is InChI=1S/C26H22ClN3O3S/c1-3-33-20-7-8-22-18(12-20)13-21(25(27)28-22)24-14-23(16-5-4-6-19(11-16)32-2)29-30(24)26(31)17-9-10-34-15-17/h4-13,15,24H,3,14H2,1-2H3/t24-/m0/s1. The highest BCUT2D eigenvalue weighted by Gasteiger charge is 2.35. The molecule has 34 heavy (non-hydrogen) atoms. The summed E-state index contributed by atoms with van der Waals surface area (Å²) in [6, 6.07) is 16.8. The van der Waals surface area contributed by atoms with E-state index in [0.29, 0.717) is 23.7 Å². The number of benzene rings is 2. The molecule has 0 bridgehead atoms. The van der Waals surface area contributed by atoms with Crippen molar-refractivity contribution in [3.63, 3.8) is 0 Å². The van der Waals surface area contributed by atoms with Gasteiger partial charge in [0.05, 0.1) is 36.6 Å². The maximum absolute atomic E-state index is 13.4. The number of hydrogen-bond acceptors (Lipinski definition) is 6. The number of hydrazone groups is 1. The fourth-order valence-corrected chi connectivity index (χ4v) is 4.97. The third-order valence-electron chi connectivity index (χ3n) is 5.73. The van der Waals surface area contributed by atoms with E-state index < -0.39 is 6.04 Å². The predicted molar refractivity (Wildman–Crippen MR) is 135 cm³/mol. The Morgan fingerprint density at radius 1 is 1.18 bits per heavy atom. The largest absolute Gasteiger partial charge is 0.497 e. The number of pyridine rings is 1. The van der Waals surface area contributed by atoms with Crippen LogP contribution in [-0.4, -0.2) is 35.3 Å². The van der Waals surface area contributed by atoms with Gasteiger partial charge in [-0.15, -0.1) is 0 Å². The lowest BCUT2D eigenvalue weighted by molar-refractivity contribution is 0.0711. The summed E-state index contributed by atoms with van der Waals surface area (Å²) >= 11 is 8.14. The molecule has 0 N–H and O–H groups in total. The van der Waals surface area contributed by atoms with Gasteiger partial charge in [-0.25, -0.2) is 9.99 Å². The number of halogens is 1. The van der Waals surface area contributed by atoms with Crippen molar-refractivity contribution in [3.05, 3.63) is 87.2 Å². The molecule has 6 nitrogen and oxygen atoms in total. The lowest BCUT2D eigenvalue weighted by Crippen LogP contribution is -2.27. The number of ether oxygens (including phenoxy) is 2. The second-order valence-corrected chi connectivity index (χ2v) is 8.95. The van der Waals surface area contributed by atoms with Gasteiger partial charge in [0.1, 0.15) is 16.7 Å². The molecule has 0 saturated heterocycles. The highest BCUT2D eigenvalue weighted by molar-refractivity contribution is 7.08. The fourth-order valence-electron chi connectivity index (χ4n) is 4.07. The zero-order valence-corrected chi connectivity index (χ0v) is 20.3. The van der Waals surface area contributed by atoms with E-state index in [2.05, 4.69) is 4.98 Å². The Hall–Kier alpha value is -3.42. The van der Waals surface area contributed by atoms with Crippen LogP contribution < -0.4 is 9.47 Å². The summed E-state index contributed by atoms with van der Waals surface area (Å²) in [6.07, 6.45) is 0.501. The Balaban J connectivity index is 1.59. The summed E-state index contributed by atoms with van der Waals surface area (Å²) in [6.45, 7) is 2.52. The maximum atomic E-state index is 13.4. The summed E-state index contributed by atoms with van der Waals surface area (Å²) in [5.74, 6) is 1.31. The van der Waals surface area contributed by atoms with E-state index in [4.69, 9.17) is 26.2 Å². The third-order valence-corrected chi connectivity index (χ3v) is 6.71. The first-order valence-electron chi connectivity index (χ1n) is 10.9. The molecular formula is C26H22ClN3O3S. The van der Waals surface area contributed by atoms with E-state index in [-0.39, 0.29) is 5.91 Å². The van der Waals surface area contributed by atoms with Crippen LogP contribution in [-0.2, 0) is 0 Å². The zero-order valence-electron chi connectivity index (χ0n) is 18.7. The summed E-state index contributed by atoms with van der Waals surface area (Å²) in [5, 5.41) is 11.2. The number of hydrogen-bond donors (Lipinski definition) is 0. The number of amides is 1. The van der Waals surface area contributed by atoms with Crippen LogP contribution in [0.4, 0.5) is 0 Å². The highest BCUT2D eigenvalue weighted by Crippen LogP contribution is 2.39. The molecule has 1 amide bonds. The Morgan fingerprint density at radius 2 is 2.06 bits per heavy atom. The van der Waals surface area contributed by atoms with Crippen LogP contribution in [0.15, 0.2) is 70.5 Å². The van der Waals surface area contributed by atoms with Crippen molar-refractivity contribution in [1.82, 2.24) is 9.99 Å². The van der Waals surface area contributed by atoms with Gasteiger partial charge >= 0.3 is 0 Å². The van der Waals surface area contributed by atoms with Crippen molar-refractivity contribution >= 4 is 45.5 Å². The SMILES string of the molecule is CCOc1ccc2nc(Cl)c([C@@H]3CC(c4cccc(OC)c4)=NN3C(=O)c3ccsc3)cc2c1. The molecule has 1 atom stereocenters. The average molecular weight is 492 g/mol. The van der Waals surface area contributed by atoms with Gasteiger partial charge in [0.25, 0.3) is 5.91 Å². The van der Waals surface area contributed by atoms with E-state index in [1.165, 1.54) is 16.3 Å². The number of rotatable bonds is 6. The Bertz CT molecular complexity index is 1390. The van der Waals surface area contributed by atoms with Gasteiger partial charge in [-0.05, 0) is 54.8 Å². The van der Waals surface area contributed by atoms with E-state index >= 15 is 0 Å². The Labute approximate surface area is 206 Å². The molecule has 1 aliphatic heterocycles. The molecule has 2 aromatic carbocycles. The molecule has 172 valence electrons. The molecule has 0 radical (unpaired) electrons. The molecule has 0 spiro atoms. The zero-order chi connectivity index (χ0) is 23.7. The molecule has 0 fully saturated rings. The Kier molecular flexibility index (Phi) is 6.22. The highest BCUT2D eigenvalue weighted by atomic mass is 35.5. The summed E-state index contributed by atoms with van der Waals surface area (Å²) < 4.78 is 11.0. The van der Waals surface area contributed by atoms with Crippen LogP contribution in [0, 0.1) is 0 Å². The van der Waals surface area contributed by atoms with E-state index in [1.807, 2.05) is 66.2 Å². The lowest BCUT2D eigenvalue weighted by atomic mass is 9.98. The number of fused-ring (bicyclic) bond motifs is 1. The summed E-state index contributed by atoms with van der Waals surface area (Å²) in [5.41, 5.74) is 3.78. The normalized spacial score (nSPS) is 15.4. The van der Waals surface area contributed by atoms with Crippen molar-refractivity contribution in [2.45, 2.75) is 19.4 Å². The molecule has 4 aromatic rings. The van der Waals surface area contributed by atoms with Gasteiger partial charge in [-0.3, -0.25) is 4.79 Å². The number of carbonyl (C=O) groups excluding carboxylic acids is 1. The van der Waals surface area contributed by atoms with Crippen LogP contribution in [0.5, 0.6) is 11.5 Å². The quantitative estimate of drug-likeness (QED) is 0.295. The first kappa shape index (κ1) is 22.4. The average Bonchev–Trinajstić information content (AvgIpc) is 3.54. The second kappa shape index (κ2) is 9.44. The molecule has 5 rings (SSSR count). The van der Waals surface area contributed by atoms with Crippen molar-refractivity contribution < 1.29 is 14.3 Å². The molecule has 8 heteroatoms. The fraction of sp³-hybridized carbons (Fsp3) is 0.192. The molecular weight excluding hydrogens is 470 g/mol.